The number of benzene rings is 3. The summed E-state index contributed by atoms with van der Waals surface area (Å²) in [5.41, 5.74) is -2.28. The fourth-order valence-corrected chi connectivity index (χ4v) is 4.97. The minimum atomic E-state index is -5.24. The molecule has 0 spiro atoms. The predicted octanol–water partition coefficient (Wildman–Crippen LogP) is 6.15. The van der Waals surface area contributed by atoms with Crippen molar-refractivity contribution < 1.29 is 45.4 Å². The van der Waals surface area contributed by atoms with Gasteiger partial charge in [-0.3, -0.25) is 10.2 Å². The van der Waals surface area contributed by atoms with Crippen LogP contribution in [0.1, 0.15) is 45.6 Å². The zero-order valence-electron chi connectivity index (χ0n) is 25.3. The maximum absolute atomic E-state index is 14.1. The van der Waals surface area contributed by atoms with Crippen LogP contribution in [0.5, 0.6) is 0 Å². The Labute approximate surface area is 266 Å². The monoisotopic (exact) mass is 662 g/mol. The van der Waals surface area contributed by atoms with E-state index in [9.17, 15) is 35.9 Å². The van der Waals surface area contributed by atoms with Gasteiger partial charge in [-0.15, -0.1) is 0 Å². The molecule has 1 aliphatic rings. The zero-order chi connectivity index (χ0) is 34.4. The number of alkyl halides is 6. The third kappa shape index (κ3) is 9.12. The Morgan fingerprint density at radius 2 is 1.64 bits per heavy atom. The molecule has 0 bridgehead atoms. The van der Waals surface area contributed by atoms with Crippen LogP contribution in [0, 0.1) is 5.41 Å². The third-order valence-electron chi connectivity index (χ3n) is 7.33. The van der Waals surface area contributed by atoms with Crippen molar-refractivity contribution in [3.63, 3.8) is 0 Å². The number of hydrogen-bond acceptors (Lipinski definition) is 7. The van der Waals surface area contributed by atoms with E-state index in [0.29, 0.717) is 5.56 Å². The van der Waals surface area contributed by atoms with Crippen molar-refractivity contribution >= 4 is 17.6 Å². The van der Waals surface area contributed by atoms with E-state index in [1.54, 1.807) is 0 Å². The highest BCUT2D eigenvalue weighted by Crippen LogP contribution is 2.32. The van der Waals surface area contributed by atoms with Crippen LogP contribution < -0.4 is 10.6 Å². The van der Waals surface area contributed by atoms with Crippen LogP contribution >= 0.6 is 0 Å². The van der Waals surface area contributed by atoms with E-state index in [-0.39, 0.29) is 43.3 Å². The summed E-state index contributed by atoms with van der Waals surface area (Å²) in [6.07, 6.45) is -9.89. The minimum Gasteiger partial charge on any atom is -0.465 e. The van der Waals surface area contributed by atoms with E-state index in [1.807, 2.05) is 30.3 Å². The van der Waals surface area contributed by atoms with Crippen LogP contribution in [-0.2, 0) is 33.6 Å². The Bertz CT molecular complexity index is 1610. The Kier molecular flexibility index (Phi) is 11.0. The predicted molar refractivity (Wildman–Crippen MR) is 160 cm³/mol. The average Bonchev–Trinajstić information content (AvgIpc) is 3.41. The van der Waals surface area contributed by atoms with Crippen LogP contribution in [0.4, 0.5) is 26.3 Å². The number of rotatable bonds is 11. The molecular weight excluding hydrogens is 630 g/mol. The van der Waals surface area contributed by atoms with Crippen molar-refractivity contribution in [2.45, 2.75) is 44.5 Å². The van der Waals surface area contributed by atoms with Gasteiger partial charge in [0.1, 0.15) is 11.4 Å². The molecule has 1 aliphatic heterocycles. The normalized spacial score (nSPS) is 16.7. The lowest BCUT2D eigenvalue weighted by molar-refractivity contribution is -0.137. The standard InChI is InChI=1S/C33H32F6N4O4/c1-20(23-11-13-24(14-12-23)31(45)46-2)41-30(44)27(28(40)33(37,38)39)29-42-26(19-47-18-21-7-4-3-5-8-21)17-43(29)16-22-9-6-10-25(15-22)32(34,35)36/h3-15,20,26,40,42H,16-19H2,1-2H3,(H,41,44)/b29-27-,40-28?. The van der Waals surface area contributed by atoms with Gasteiger partial charge in [-0.1, -0.05) is 54.6 Å². The van der Waals surface area contributed by atoms with Crippen LogP contribution in [0.15, 0.2) is 90.3 Å². The lowest BCUT2D eigenvalue weighted by atomic mass is 10.0. The number of halogens is 6. The van der Waals surface area contributed by atoms with Gasteiger partial charge in [0.25, 0.3) is 5.91 Å². The smallest absolute Gasteiger partial charge is 0.433 e. The minimum absolute atomic E-state index is 0.0192. The molecule has 0 aliphatic carbocycles. The summed E-state index contributed by atoms with van der Waals surface area (Å²) >= 11 is 0. The third-order valence-corrected chi connectivity index (χ3v) is 7.33. The highest BCUT2D eigenvalue weighted by molar-refractivity contribution is 6.23. The Hall–Kier alpha value is -4.85. The summed E-state index contributed by atoms with van der Waals surface area (Å²) in [5.74, 6) is -2.21. The van der Waals surface area contributed by atoms with Gasteiger partial charge in [0.05, 0.1) is 43.5 Å². The maximum atomic E-state index is 14.1. The molecule has 3 aromatic rings. The molecule has 2 atom stereocenters. The van der Waals surface area contributed by atoms with Crippen molar-refractivity contribution in [2.24, 2.45) is 0 Å². The summed E-state index contributed by atoms with van der Waals surface area (Å²) in [6.45, 7) is 1.34. The molecule has 4 rings (SSSR count). The topological polar surface area (TPSA) is 104 Å². The summed E-state index contributed by atoms with van der Waals surface area (Å²) in [4.78, 5) is 26.7. The summed E-state index contributed by atoms with van der Waals surface area (Å²) in [5, 5.41) is 13.4. The summed E-state index contributed by atoms with van der Waals surface area (Å²) < 4.78 is 92.9. The van der Waals surface area contributed by atoms with Gasteiger partial charge in [-0.05, 0) is 47.9 Å². The molecule has 1 heterocycles. The van der Waals surface area contributed by atoms with E-state index < -0.39 is 53.2 Å². The van der Waals surface area contributed by atoms with Crippen molar-refractivity contribution in [1.29, 1.82) is 5.41 Å². The summed E-state index contributed by atoms with van der Waals surface area (Å²) in [7, 11) is 1.21. The number of nitrogens with zero attached hydrogens (tertiary/aromatic N) is 1. The average molecular weight is 663 g/mol. The number of methoxy groups -OCH3 is 1. The van der Waals surface area contributed by atoms with Crippen LogP contribution in [-0.4, -0.2) is 55.0 Å². The molecule has 250 valence electrons. The number of nitrogens with one attached hydrogen (secondary N) is 3. The van der Waals surface area contributed by atoms with E-state index in [0.717, 1.165) is 17.7 Å². The number of carbonyl (C=O) groups is 2. The van der Waals surface area contributed by atoms with Gasteiger partial charge in [0.2, 0.25) is 0 Å². The van der Waals surface area contributed by atoms with Gasteiger partial charge in [-0.2, -0.15) is 26.3 Å². The first kappa shape index (κ1) is 35.0. The second kappa shape index (κ2) is 14.7. The van der Waals surface area contributed by atoms with Crippen molar-refractivity contribution in [2.75, 3.05) is 20.3 Å². The molecule has 3 N–H and O–H groups in total. The van der Waals surface area contributed by atoms with Gasteiger partial charge in [0.15, 0.2) is 5.71 Å². The second-order valence-electron chi connectivity index (χ2n) is 10.8. The number of ether oxygens (including phenoxy) is 2. The fraction of sp³-hybridized carbons (Fsp3) is 0.303. The Morgan fingerprint density at radius 1 is 0.979 bits per heavy atom. The molecule has 2 unspecified atom stereocenters. The van der Waals surface area contributed by atoms with E-state index in [2.05, 4.69) is 15.4 Å². The molecule has 0 radical (unpaired) electrons. The molecule has 0 aromatic heterocycles. The molecule has 1 amide bonds. The highest BCUT2D eigenvalue weighted by Gasteiger charge is 2.43. The van der Waals surface area contributed by atoms with Crippen molar-refractivity contribution in [1.82, 2.24) is 15.5 Å². The SMILES string of the molecule is COC(=O)c1ccc(C(C)NC(=O)/C(C(=N)C(F)(F)F)=C2/NC(COCc3ccccc3)CN2Cc2cccc(C(F)(F)F)c2)cc1. The maximum Gasteiger partial charge on any atom is 0.433 e. The molecule has 1 fully saturated rings. The van der Waals surface area contributed by atoms with E-state index >= 15 is 0 Å². The lowest BCUT2D eigenvalue weighted by Crippen LogP contribution is -2.39. The number of amides is 1. The molecule has 1 saturated heterocycles. The van der Waals surface area contributed by atoms with Gasteiger partial charge >= 0.3 is 18.3 Å². The molecule has 47 heavy (non-hydrogen) atoms. The first-order chi connectivity index (χ1) is 22.2. The van der Waals surface area contributed by atoms with E-state index in [1.165, 1.54) is 55.3 Å². The van der Waals surface area contributed by atoms with Crippen LogP contribution in [0.25, 0.3) is 0 Å². The number of hydrogen-bond donors (Lipinski definition) is 3. The first-order valence-electron chi connectivity index (χ1n) is 14.4. The number of carbonyl (C=O) groups excluding carboxylic acids is 2. The first-order valence-corrected chi connectivity index (χ1v) is 14.4. The van der Waals surface area contributed by atoms with Crippen LogP contribution in [0.2, 0.25) is 0 Å². The Balaban J connectivity index is 1.67. The Morgan fingerprint density at radius 3 is 2.26 bits per heavy atom. The van der Waals surface area contributed by atoms with Gasteiger partial charge in [-0.25, -0.2) is 4.79 Å². The fourth-order valence-electron chi connectivity index (χ4n) is 4.97. The van der Waals surface area contributed by atoms with Crippen LogP contribution in [0.3, 0.4) is 0 Å². The molecule has 8 nitrogen and oxygen atoms in total. The van der Waals surface area contributed by atoms with Gasteiger partial charge in [0, 0.05) is 13.1 Å². The quantitative estimate of drug-likeness (QED) is 0.0985. The van der Waals surface area contributed by atoms with Crippen molar-refractivity contribution in [3.8, 4) is 0 Å². The van der Waals surface area contributed by atoms with Gasteiger partial charge < -0.3 is 25.0 Å². The molecule has 0 saturated carbocycles. The second-order valence-corrected chi connectivity index (χ2v) is 10.8. The molecule has 14 heteroatoms. The molecule has 3 aromatic carbocycles. The van der Waals surface area contributed by atoms with E-state index in [4.69, 9.17) is 10.1 Å². The largest absolute Gasteiger partial charge is 0.465 e. The molecular formula is C33H32F6N4O4. The summed E-state index contributed by atoms with van der Waals surface area (Å²) in [6, 6.07) is 17.7. The zero-order valence-corrected chi connectivity index (χ0v) is 25.3. The van der Waals surface area contributed by atoms with Crippen molar-refractivity contribution in [3.05, 3.63) is 118 Å². The highest BCUT2D eigenvalue weighted by atomic mass is 19.4. The lowest BCUT2D eigenvalue weighted by Gasteiger charge is -2.24. The number of esters is 1.